The SMILES string of the molecule is COc1ccc(-c2nn(-c3c(F)cccc3F)c3c2C(CCN)CCC3)cc1. The van der Waals surface area contributed by atoms with Crippen molar-refractivity contribution >= 4 is 0 Å². The van der Waals surface area contributed by atoms with Gasteiger partial charge in [-0.2, -0.15) is 5.10 Å². The molecule has 0 amide bonds. The van der Waals surface area contributed by atoms with Crippen LogP contribution in [-0.2, 0) is 6.42 Å². The summed E-state index contributed by atoms with van der Waals surface area (Å²) in [5.74, 6) is -0.259. The van der Waals surface area contributed by atoms with E-state index >= 15 is 0 Å². The van der Waals surface area contributed by atoms with Crippen LogP contribution in [0, 0.1) is 11.6 Å². The van der Waals surface area contributed by atoms with Crippen molar-refractivity contribution in [1.82, 2.24) is 9.78 Å². The maximum atomic E-state index is 14.5. The molecule has 0 radical (unpaired) electrons. The molecule has 0 saturated carbocycles. The first-order chi connectivity index (χ1) is 13.6. The van der Waals surface area contributed by atoms with E-state index < -0.39 is 11.6 Å². The Morgan fingerprint density at radius 1 is 1.14 bits per heavy atom. The van der Waals surface area contributed by atoms with Crippen LogP contribution in [0.15, 0.2) is 42.5 Å². The molecule has 0 fully saturated rings. The summed E-state index contributed by atoms with van der Waals surface area (Å²) in [5.41, 5.74) is 9.32. The van der Waals surface area contributed by atoms with E-state index in [4.69, 9.17) is 15.6 Å². The smallest absolute Gasteiger partial charge is 0.151 e. The lowest BCUT2D eigenvalue weighted by molar-refractivity contribution is 0.415. The van der Waals surface area contributed by atoms with Gasteiger partial charge in [0.1, 0.15) is 11.4 Å². The summed E-state index contributed by atoms with van der Waals surface area (Å²) in [6, 6.07) is 11.5. The lowest BCUT2D eigenvalue weighted by Gasteiger charge is -2.24. The van der Waals surface area contributed by atoms with Gasteiger partial charge in [-0.15, -0.1) is 0 Å². The molecule has 1 unspecified atom stereocenters. The predicted octanol–water partition coefficient (Wildman–Crippen LogP) is 4.59. The Hall–Kier alpha value is -2.73. The van der Waals surface area contributed by atoms with Crippen molar-refractivity contribution < 1.29 is 13.5 Å². The van der Waals surface area contributed by atoms with E-state index in [1.807, 2.05) is 24.3 Å². The van der Waals surface area contributed by atoms with Crippen molar-refractivity contribution in [2.45, 2.75) is 31.6 Å². The van der Waals surface area contributed by atoms with Gasteiger partial charge in [-0.1, -0.05) is 6.07 Å². The van der Waals surface area contributed by atoms with Crippen LogP contribution in [0.1, 0.15) is 36.4 Å². The van der Waals surface area contributed by atoms with Crippen LogP contribution in [0.2, 0.25) is 0 Å². The molecule has 1 aromatic heterocycles. The third-order valence-corrected chi connectivity index (χ3v) is 5.42. The van der Waals surface area contributed by atoms with Crippen LogP contribution in [0.5, 0.6) is 5.75 Å². The zero-order valence-corrected chi connectivity index (χ0v) is 15.8. The number of methoxy groups -OCH3 is 1. The fourth-order valence-corrected chi connectivity index (χ4v) is 4.12. The molecular weight excluding hydrogens is 360 g/mol. The molecule has 1 aliphatic rings. The summed E-state index contributed by atoms with van der Waals surface area (Å²) >= 11 is 0. The van der Waals surface area contributed by atoms with Gasteiger partial charge in [-0.3, -0.25) is 0 Å². The molecule has 2 N–H and O–H groups in total. The molecule has 0 saturated heterocycles. The van der Waals surface area contributed by atoms with Crippen LogP contribution in [0.25, 0.3) is 16.9 Å². The normalized spacial score (nSPS) is 16.1. The number of halogens is 2. The minimum absolute atomic E-state index is 0.119. The zero-order valence-electron chi connectivity index (χ0n) is 15.8. The first kappa shape index (κ1) is 18.6. The molecule has 1 aliphatic carbocycles. The zero-order chi connectivity index (χ0) is 19.7. The van der Waals surface area contributed by atoms with Crippen molar-refractivity contribution in [3.05, 3.63) is 65.4 Å². The monoisotopic (exact) mass is 383 g/mol. The van der Waals surface area contributed by atoms with Crippen LogP contribution in [0.4, 0.5) is 8.78 Å². The Balaban J connectivity index is 1.94. The Kier molecular flexibility index (Phi) is 5.13. The second kappa shape index (κ2) is 7.72. The number of nitrogens with zero attached hydrogens (tertiary/aromatic N) is 2. The molecule has 4 nitrogen and oxygen atoms in total. The fraction of sp³-hybridized carbons (Fsp3) is 0.318. The maximum absolute atomic E-state index is 14.5. The van der Waals surface area contributed by atoms with Crippen molar-refractivity contribution in [3.63, 3.8) is 0 Å². The van der Waals surface area contributed by atoms with E-state index in [1.165, 1.54) is 22.9 Å². The highest BCUT2D eigenvalue weighted by molar-refractivity contribution is 5.67. The van der Waals surface area contributed by atoms with Gasteiger partial charge < -0.3 is 10.5 Å². The van der Waals surface area contributed by atoms with Gasteiger partial charge in [0.15, 0.2) is 11.6 Å². The third kappa shape index (κ3) is 3.18. The van der Waals surface area contributed by atoms with Gasteiger partial charge in [0.05, 0.1) is 12.8 Å². The number of rotatable bonds is 5. The molecule has 0 bridgehead atoms. The minimum Gasteiger partial charge on any atom is -0.497 e. The quantitative estimate of drug-likeness (QED) is 0.701. The molecule has 6 heteroatoms. The van der Waals surface area contributed by atoms with Gasteiger partial charge in [-0.25, -0.2) is 13.5 Å². The number of ether oxygens (including phenoxy) is 1. The largest absolute Gasteiger partial charge is 0.497 e. The van der Waals surface area contributed by atoms with E-state index in [9.17, 15) is 8.78 Å². The molecule has 1 heterocycles. The number of hydrogen-bond acceptors (Lipinski definition) is 3. The molecule has 1 atom stereocenters. The molecule has 146 valence electrons. The van der Waals surface area contributed by atoms with E-state index in [0.717, 1.165) is 53.9 Å². The molecule has 2 aromatic carbocycles. The average molecular weight is 383 g/mol. The summed E-state index contributed by atoms with van der Waals surface area (Å²) in [4.78, 5) is 0. The lowest BCUT2D eigenvalue weighted by atomic mass is 9.82. The van der Waals surface area contributed by atoms with Gasteiger partial charge in [0.2, 0.25) is 0 Å². The van der Waals surface area contributed by atoms with E-state index in [1.54, 1.807) is 7.11 Å². The number of aromatic nitrogens is 2. The highest BCUT2D eigenvalue weighted by atomic mass is 19.1. The second-order valence-corrected chi connectivity index (χ2v) is 7.09. The van der Waals surface area contributed by atoms with Crippen molar-refractivity contribution in [1.29, 1.82) is 0 Å². The van der Waals surface area contributed by atoms with Gasteiger partial charge >= 0.3 is 0 Å². The van der Waals surface area contributed by atoms with Crippen LogP contribution >= 0.6 is 0 Å². The first-order valence-electron chi connectivity index (χ1n) is 9.54. The third-order valence-electron chi connectivity index (χ3n) is 5.42. The Morgan fingerprint density at radius 3 is 2.50 bits per heavy atom. The van der Waals surface area contributed by atoms with Crippen LogP contribution in [-0.4, -0.2) is 23.4 Å². The molecule has 28 heavy (non-hydrogen) atoms. The van der Waals surface area contributed by atoms with Gasteiger partial charge in [0, 0.05) is 16.8 Å². The summed E-state index contributed by atoms with van der Waals surface area (Å²) in [5, 5.41) is 4.70. The average Bonchev–Trinajstić information content (AvgIpc) is 3.09. The lowest BCUT2D eigenvalue weighted by Crippen LogP contribution is -2.16. The fourth-order valence-electron chi connectivity index (χ4n) is 4.12. The van der Waals surface area contributed by atoms with Crippen LogP contribution < -0.4 is 10.5 Å². The predicted molar refractivity (Wildman–Crippen MR) is 105 cm³/mol. The van der Waals surface area contributed by atoms with E-state index in [-0.39, 0.29) is 11.6 Å². The summed E-state index contributed by atoms with van der Waals surface area (Å²) in [7, 11) is 1.61. The van der Waals surface area contributed by atoms with E-state index in [0.29, 0.717) is 6.54 Å². The molecule has 0 aliphatic heterocycles. The number of nitrogens with two attached hydrogens (primary N) is 1. The van der Waals surface area contributed by atoms with Gasteiger partial charge in [0.25, 0.3) is 0 Å². The Labute approximate surface area is 162 Å². The van der Waals surface area contributed by atoms with Crippen molar-refractivity contribution in [2.24, 2.45) is 5.73 Å². The highest BCUT2D eigenvalue weighted by Gasteiger charge is 2.30. The number of benzene rings is 2. The topological polar surface area (TPSA) is 53.1 Å². The van der Waals surface area contributed by atoms with Crippen LogP contribution in [0.3, 0.4) is 0 Å². The Morgan fingerprint density at radius 2 is 1.86 bits per heavy atom. The molecule has 4 rings (SSSR count). The second-order valence-electron chi connectivity index (χ2n) is 7.09. The van der Waals surface area contributed by atoms with Crippen molar-refractivity contribution in [2.75, 3.05) is 13.7 Å². The molecule has 0 spiro atoms. The highest BCUT2D eigenvalue weighted by Crippen LogP contribution is 2.41. The number of hydrogen-bond donors (Lipinski definition) is 1. The summed E-state index contributed by atoms with van der Waals surface area (Å²) in [6.07, 6.45) is 3.50. The summed E-state index contributed by atoms with van der Waals surface area (Å²) < 4.78 is 35.8. The molecular formula is C22H23F2N3O. The van der Waals surface area contributed by atoms with E-state index in [2.05, 4.69) is 0 Å². The minimum atomic E-state index is -0.618. The molecule has 3 aromatic rings. The number of para-hydroxylation sites is 1. The van der Waals surface area contributed by atoms with Gasteiger partial charge in [-0.05, 0) is 74.5 Å². The summed E-state index contributed by atoms with van der Waals surface area (Å²) in [6.45, 7) is 0.561. The first-order valence-corrected chi connectivity index (χ1v) is 9.54. The number of fused-ring (bicyclic) bond motifs is 1. The standard InChI is InChI=1S/C22H23F2N3O/c1-28-16-10-8-15(9-11-16)21-20-14(12-13-25)4-2-7-19(20)27(26-21)22-17(23)5-3-6-18(22)24/h3,5-6,8-11,14H,2,4,7,12-13,25H2,1H3. The van der Waals surface area contributed by atoms with Crippen molar-refractivity contribution in [3.8, 4) is 22.7 Å². The Bertz CT molecular complexity index is 962. The maximum Gasteiger partial charge on any atom is 0.151 e.